The minimum absolute atomic E-state index is 0.168. The standard InChI is InChI=1S/C45H74O11/c1-12-34-17-15-13-14-16-27(4)42(51)44(11,53)43(52)32(9)40(50)31(8)39(49)30(7)38(48)26(3)18-21-37(47)54-41-29(6)35(20-19-34)55-45(33(41)10)23-22-25(2)36(56-45)24-28(5)46/h13-15,17-18,21,25-36,38,40-42,46,48,50-51,53H,12,16,19-20,22-24H2,1-11H3/b14-13+,17-15+,21-18+/t25-,26-,27+,28+,29+,30-,31-,32-,33-,34-,35-,36-,38-,40+,41+,42-,44+,45-/m1/s1. The van der Waals surface area contributed by atoms with Crippen molar-refractivity contribution in [1.82, 2.24) is 0 Å². The van der Waals surface area contributed by atoms with Crippen LogP contribution in [-0.2, 0) is 28.6 Å². The van der Waals surface area contributed by atoms with Crippen molar-refractivity contribution in [2.75, 3.05) is 0 Å². The number of hydrogen-bond acceptors (Lipinski definition) is 11. The van der Waals surface area contributed by atoms with Crippen LogP contribution in [0.3, 0.4) is 0 Å². The minimum Gasteiger partial charge on any atom is -0.458 e. The second kappa shape index (κ2) is 20.6. The Kier molecular flexibility index (Phi) is 17.7. The van der Waals surface area contributed by atoms with Crippen molar-refractivity contribution >= 4 is 17.5 Å². The van der Waals surface area contributed by atoms with Gasteiger partial charge in [-0.3, -0.25) is 9.59 Å². The molecule has 11 heteroatoms. The van der Waals surface area contributed by atoms with Gasteiger partial charge in [-0.25, -0.2) is 4.79 Å². The number of Topliss-reactive ketones (excluding diaryl/α,β-unsaturated/α-hetero) is 2. The Morgan fingerprint density at radius 1 is 0.839 bits per heavy atom. The van der Waals surface area contributed by atoms with Gasteiger partial charge >= 0.3 is 5.97 Å². The molecule has 0 unspecified atom stereocenters. The fourth-order valence-corrected chi connectivity index (χ4v) is 9.01. The van der Waals surface area contributed by atoms with Crippen LogP contribution in [-0.4, -0.2) is 97.2 Å². The highest BCUT2D eigenvalue weighted by molar-refractivity contribution is 5.91. The Hall–Kier alpha value is -2.25. The molecule has 3 aliphatic rings. The van der Waals surface area contributed by atoms with Gasteiger partial charge in [0.15, 0.2) is 11.6 Å². The van der Waals surface area contributed by atoms with E-state index in [1.54, 1.807) is 20.8 Å². The first-order valence-electron chi connectivity index (χ1n) is 21.2. The van der Waals surface area contributed by atoms with Crippen molar-refractivity contribution in [3.8, 4) is 0 Å². The minimum atomic E-state index is -2.18. The third-order valence-corrected chi connectivity index (χ3v) is 13.4. The van der Waals surface area contributed by atoms with E-state index in [9.17, 15) is 39.9 Å². The van der Waals surface area contributed by atoms with Crippen LogP contribution < -0.4 is 0 Å². The monoisotopic (exact) mass is 791 g/mol. The van der Waals surface area contributed by atoms with Crippen molar-refractivity contribution in [1.29, 1.82) is 0 Å². The summed E-state index contributed by atoms with van der Waals surface area (Å²) in [7, 11) is 0. The Labute approximate surface area is 336 Å². The number of carbonyl (C=O) groups excluding carboxylic acids is 3. The average molecular weight is 791 g/mol. The maximum Gasteiger partial charge on any atom is 0.330 e. The second-order valence-electron chi connectivity index (χ2n) is 18.0. The van der Waals surface area contributed by atoms with E-state index < -0.39 is 89.0 Å². The Morgan fingerprint density at radius 2 is 1.48 bits per heavy atom. The number of ketones is 2. The number of ether oxygens (including phenoxy) is 3. The molecule has 2 saturated heterocycles. The van der Waals surface area contributed by atoms with Crippen molar-refractivity contribution in [3.63, 3.8) is 0 Å². The molecular weight excluding hydrogens is 716 g/mol. The summed E-state index contributed by atoms with van der Waals surface area (Å²) in [6.07, 6.45) is 9.62. The number of fused-ring (bicyclic) bond motifs is 2. The van der Waals surface area contributed by atoms with E-state index in [4.69, 9.17) is 14.2 Å². The molecule has 3 aliphatic heterocycles. The quantitative estimate of drug-likeness (QED) is 0.216. The molecule has 0 radical (unpaired) electrons. The smallest absolute Gasteiger partial charge is 0.330 e. The summed E-state index contributed by atoms with van der Waals surface area (Å²) in [5.41, 5.74) is -2.18. The van der Waals surface area contributed by atoms with Crippen LogP contribution in [0.4, 0.5) is 0 Å². The van der Waals surface area contributed by atoms with Gasteiger partial charge in [0.1, 0.15) is 17.5 Å². The summed E-state index contributed by atoms with van der Waals surface area (Å²) in [6, 6.07) is 0. The first-order chi connectivity index (χ1) is 26.1. The highest BCUT2D eigenvalue weighted by Crippen LogP contribution is 2.49. The van der Waals surface area contributed by atoms with E-state index in [0.717, 1.165) is 19.3 Å². The van der Waals surface area contributed by atoms with Crippen LogP contribution in [0.15, 0.2) is 36.5 Å². The summed E-state index contributed by atoms with van der Waals surface area (Å²) in [6.45, 7) is 19.1. The topological polar surface area (TPSA) is 180 Å². The lowest BCUT2D eigenvalue weighted by molar-refractivity contribution is -0.371. The van der Waals surface area contributed by atoms with Crippen molar-refractivity contribution in [2.45, 2.75) is 175 Å². The molecule has 0 aromatic rings. The largest absolute Gasteiger partial charge is 0.458 e. The molecule has 1 spiro atoms. The molecule has 2 fully saturated rings. The highest BCUT2D eigenvalue weighted by Gasteiger charge is 2.56. The van der Waals surface area contributed by atoms with E-state index in [-0.39, 0.29) is 35.9 Å². The van der Waals surface area contributed by atoms with E-state index in [1.165, 1.54) is 39.8 Å². The molecule has 0 aliphatic carbocycles. The molecule has 0 saturated carbocycles. The number of hydrogen-bond donors (Lipinski definition) is 5. The Morgan fingerprint density at radius 3 is 2.11 bits per heavy atom. The maximum atomic E-state index is 13.5. The Balaban J connectivity index is 1.99. The molecule has 5 N–H and O–H groups in total. The van der Waals surface area contributed by atoms with Gasteiger partial charge in [0.05, 0.1) is 36.6 Å². The zero-order valence-corrected chi connectivity index (χ0v) is 35.8. The van der Waals surface area contributed by atoms with Gasteiger partial charge in [-0.2, -0.15) is 0 Å². The van der Waals surface area contributed by atoms with Crippen LogP contribution in [0.25, 0.3) is 0 Å². The molecule has 2 bridgehead atoms. The molecule has 3 rings (SSSR count). The van der Waals surface area contributed by atoms with E-state index in [1.807, 2.05) is 32.1 Å². The van der Waals surface area contributed by atoms with Gasteiger partial charge in [-0.1, -0.05) is 92.7 Å². The fourth-order valence-electron chi connectivity index (χ4n) is 9.01. The predicted octanol–water partition coefficient (Wildman–Crippen LogP) is 5.88. The average Bonchev–Trinajstić information content (AvgIpc) is 3.16. The second-order valence-corrected chi connectivity index (χ2v) is 18.0. The summed E-state index contributed by atoms with van der Waals surface area (Å²) in [5, 5.41) is 55.0. The molecule has 320 valence electrons. The van der Waals surface area contributed by atoms with Crippen LogP contribution in [0.1, 0.15) is 121 Å². The zero-order valence-electron chi connectivity index (χ0n) is 35.8. The van der Waals surface area contributed by atoms with Gasteiger partial charge in [0.2, 0.25) is 0 Å². The molecule has 0 aromatic carbocycles. The van der Waals surface area contributed by atoms with Gasteiger partial charge in [0, 0.05) is 48.0 Å². The summed E-state index contributed by atoms with van der Waals surface area (Å²) >= 11 is 0. The number of aliphatic hydroxyl groups excluding tert-OH is 4. The van der Waals surface area contributed by atoms with Crippen LogP contribution in [0.5, 0.6) is 0 Å². The molecule has 0 amide bonds. The summed E-state index contributed by atoms with van der Waals surface area (Å²) < 4.78 is 20.0. The first-order valence-corrected chi connectivity index (χ1v) is 21.2. The lowest BCUT2D eigenvalue weighted by Gasteiger charge is -2.55. The number of allylic oxidation sites excluding steroid dienone is 4. The Bertz CT molecular complexity index is 1390. The van der Waals surface area contributed by atoms with Crippen molar-refractivity contribution < 1.29 is 54.1 Å². The number of aliphatic hydroxyl groups is 5. The van der Waals surface area contributed by atoms with Crippen molar-refractivity contribution in [3.05, 3.63) is 36.5 Å². The van der Waals surface area contributed by atoms with Crippen LogP contribution in [0, 0.1) is 53.3 Å². The molecule has 3 heterocycles. The van der Waals surface area contributed by atoms with Crippen LogP contribution >= 0.6 is 0 Å². The molecular formula is C45H74O11. The number of esters is 1. The van der Waals surface area contributed by atoms with Gasteiger partial charge in [0.25, 0.3) is 0 Å². The molecule has 0 aromatic heterocycles. The number of carbonyl (C=O) groups is 3. The van der Waals surface area contributed by atoms with Gasteiger partial charge in [-0.05, 0) is 70.1 Å². The van der Waals surface area contributed by atoms with Crippen LogP contribution in [0.2, 0.25) is 0 Å². The molecule has 18 atom stereocenters. The molecule has 11 nitrogen and oxygen atoms in total. The maximum absolute atomic E-state index is 13.5. The summed E-state index contributed by atoms with van der Waals surface area (Å²) in [5.74, 6) is -7.28. The lowest BCUT2D eigenvalue weighted by Crippen LogP contribution is -2.62. The third-order valence-electron chi connectivity index (χ3n) is 13.4. The summed E-state index contributed by atoms with van der Waals surface area (Å²) in [4.78, 5) is 40.5. The normalized spacial score (nSPS) is 46.8. The SMILES string of the molecule is CC[C@@H]1/C=C/C=C/C[C@H](C)[C@@H](O)[C@](C)(O)C(=O)[C@H](C)[C@@H](O)[C@H](C)C(=O)[C@H](C)[C@H](O)[C@H](C)/C=C/C(=O)O[C@H]2[C@@H](C)[C@@H](CC1)O[C@@]1(CC[C@@H](C)[C@@H](C[C@H](C)O)O1)[C@@H]2C. The molecule has 56 heavy (non-hydrogen) atoms. The van der Waals surface area contributed by atoms with Gasteiger partial charge in [-0.15, -0.1) is 0 Å². The fraction of sp³-hybridized carbons (Fsp3) is 0.800. The lowest BCUT2D eigenvalue weighted by atomic mass is 9.74. The highest BCUT2D eigenvalue weighted by atomic mass is 16.7. The third kappa shape index (κ3) is 11.5. The van der Waals surface area contributed by atoms with E-state index in [2.05, 4.69) is 19.9 Å². The zero-order chi connectivity index (χ0) is 42.3. The van der Waals surface area contributed by atoms with Crippen molar-refractivity contribution in [2.24, 2.45) is 53.3 Å². The van der Waals surface area contributed by atoms with Gasteiger partial charge < -0.3 is 39.7 Å². The predicted molar refractivity (Wildman–Crippen MR) is 215 cm³/mol. The van der Waals surface area contributed by atoms with E-state index in [0.29, 0.717) is 25.7 Å². The first kappa shape index (κ1) is 48.1. The number of rotatable bonds is 3. The van der Waals surface area contributed by atoms with E-state index >= 15 is 0 Å².